The summed E-state index contributed by atoms with van der Waals surface area (Å²) in [5.74, 6) is -8.19. The van der Waals surface area contributed by atoms with E-state index < -0.39 is 86.1 Å². The average molecular weight is 837 g/mol. The fourth-order valence-electron chi connectivity index (χ4n) is 9.13. The Labute approximate surface area is 337 Å². The molecule has 298 valence electrons. The van der Waals surface area contributed by atoms with Crippen molar-refractivity contribution in [2.45, 2.75) is 30.4 Å². The van der Waals surface area contributed by atoms with Crippen LogP contribution in [-0.4, -0.2) is 56.9 Å². The molecule has 3 heterocycles. The summed E-state index contributed by atoms with van der Waals surface area (Å²) >= 11 is 12.6. The highest BCUT2D eigenvalue weighted by atomic mass is 35.5. The number of aliphatic hydroxyl groups is 1. The lowest BCUT2D eigenvalue weighted by Crippen LogP contribution is -2.53. The van der Waals surface area contributed by atoms with Gasteiger partial charge in [-0.1, -0.05) is 71.2 Å². The molecule has 2 N–H and O–H groups in total. The number of rotatable bonds is 9. The number of carbonyl (C=O) groups is 4. The standard InChI is InChI=1S/C40H30Cl2F3N5O8/c41-22-10-8-20(9-11-22)39-29(36(53)49(38(39)55)47-34-30(42)16-21(19-46-34)40(43,44)45)18-28-25(33(39)26-6-1-2-7-31(26)58-15-14-51)12-13-27-32(28)37(54)48(35(27)52)23-4-3-5-24(17-23)50(56)57/h1-12,16-17,19,27-29,32-33,51H,13-15,18H2,(H,46,47). The number of amides is 4. The number of aromatic nitrogens is 1. The molecule has 3 fully saturated rings. The molecule has 2 saturated heterocycles. The van der Waals surface area contributed by atoms with Crippen LogP contribution in [0.25, 0.3) is 0 Å². The maximum atomic E-state index is 15.4. The van der Waals surface area contributed by atoms with Crippen LogP contribution in [0.2, 0.25) is 10.0 Å². The van der Waals surface area contributed by atoms with Gasteiger partial charge in [0.25, 0.3) is 17.5 Å². The number of ether oxygens (including phenoxy) is 1. The predicted molar refractivity (Wildman–Crippen MR) is 201 cm³/mol. The van der Waals surface area contributed by atoms with E-state index in [1.54, 1.807) is 54.6 Å². The molecule has 4 aromatic rings. The Bertz CT molecular complexity index is 2430. The van der Waals surface area contributed by atoms with E-state index in [0.717, 1.165) is 11.0 Å². The number of carbonyl (C=O) groups excluding carboxylic acids is 4. The van der Waals surface area contributed by atoms with Gasteiger partial charge >= 0.3 is 6.18 Å². The van der Waals surface area contributed by atoms with E-state index >= 15 is 4.79 Å². The maximum absolute atomic E-state index is 15.4. The van der Waals surface area contributed by atoms with Crippen LogP contribution >= 0.6 is 23.2 Å². The van der Waals surface area contributed by atoms with Gasteiger partial charge in [0, 0.05) is 34.8 Å². The van der Waals surface area contributed by atoms with Gasteiger partial charge in [-0.3, -0.25) is 34.7 Å². The van der Waals surface area contributed by atoms with Gasteiger partial charge in [-0.15, -0.1) is 0 Å². The number of non-ortho nitro benzene ring substituents is 1. The minimum absolute atomic E-state index is 0.00851. The number of hydrogen-bond acceptors (Lipinski definition) is 10. The summed E-state index contributed by atoms with van der Waals surface area (Å²) in [5.41, 5.74) is 0.570. The molecule has 4 amide bonds. The molecule has 1 saturated carbocycles. The summed E-state index contributed by atoms with van der Waals surface area (Å²) in [7, 11) is 0. The molecule has 18 heteroatoms. The number of hydrogen-bond donors (Lipinski definition) is 2. The SMILES string of the molecule is O=C1C2CC3C(=CCC4C(=O)N(c5cccc([N+](=O)[O-])c5)C(=O)C43)C(c3ccccc3OCCO)C2(c2ccc(Cl)cc2)C(=O)N1Nc1ncc(C(F)(F)F)cc1Cl. The number of pyridine rings is 1. The molecule has 2 aliphatic carbocycles. The fourth-order valence-corrected chi connectivity index (χ4v) is 9.47. The molecule has 13 nitrogen and oxygen atoms in total. The van der Waals surface area contributed by atoms with Gasteiger partial charge in [-0.2, -0.15) is 18.2 Å². The first-order chi connectivity index (χ1) is 27.7. The Morgan fingerprint density at radius 1 is 0.966 bits per heavy atom. The van der Waals surface area contributed by atoms with Crippen LogP contribution in [0.15, 0.2) is 96.7 Å². The number of para-hydroxylation sites is 1. The van der Waals surface area contributed by atoms with Crippen LogP contribution in [0.4, 0.5) is 30.4 Å². The van der Waals surface area contributed by atoms with Crippen LogP contribution in [0.1, 0.15) is 35.4 Å². The molecule has 2 aliphatic heterocycles. The number of benzene rings is 3. The molecule has 6 unspecified atom stereocenters. The van der Waals surface area contributed by atoms with Crippen LogP contribution < -0.4 is 15.1 Å². The van der Waals surface area contributed by atoms with Gasteiger partial charge in [0.2, 0.25) is 11.8 Å². The van der Waals surface area contributed by atoms with Crippen molar-refractivity contribution in [3.8, 4) is 5.75 Å². The zero-order valence-electron chi connectivity index (χ0n) is 29.9. The Kier molecular flexibility index (Phi) is 9.76. The largest absolute Gasteiger partial charge is 0.491 e. The quantitative estimate of drug-likeness (QED) is 0.0784. The third-order valence-corrected chi connectivity index (χ3v) is 12.0. The number of allylic oxidation sites excluding steroid dienone is 2. The van der Waals surface area contributed by atoms with E-state index in [1.807, 2.05) is 0 Å². The average Bonchev–Trinajstić information content (AvgIpc) is 3.58. The molecule has 1 aromatic heterocycles. The normalized spacial score (nSPS) is 25.3. The van der Waals surface area contributed by atoms with E-state index in [-0.39, 0.29) is 43.2 Å². The number of anilines is 2. The lowest BCUT2D eigenvalue weighted by atomic mass is 9.49. The fraction of sp³-hybridized carbons (Fsp3) is 0.275. The zero-order chi connectivity index (χ0) is 41.3. The van der Waals surface area contributed by atoms with Crippen molar-refractivity contribution >= 4 is 64.0 Å². The summed E-state index contributed by atoms with van der Waals surface area (Å²) < 4.78 is 46.6. The Morgan fingerprint density at radius 2 is 1.71 bits per heavy atom. The number of imide groups is 2. The van der Waals surface area contributed by atoms with Crippen LogP contribution in [0.5, 0.6) is 5.75 Å². The van der Waals surface area contributed by atoms with Crippen molar-refractivity contribution in [3.63, 3.8) is 0 Å². The lowest BCUT2D eigenvalue weighted by molar-refractivity contribution is -0.384. The molecule has 58 heavy (non-hydrogen) atoms. The molecule has 4 aliphatic rings. The summed E-state index contributed by atoms with van der Waals surface area (Å²) in [5, 5.41) is 21.8. The molecule has 6 atom stereocenters. The third kappa shape index (κ3) is 6.08. The molecule has 3 aromatic carbocycles. The van der Waals surface area contributed by atoms with E-state index in [2.05, 4.69) is 10.4 Å². The van der Waals surface area contributed by atoms with E-state index in [1.165, 1.54) is 18.2 Å². The molecular weight excluding hydrogens is 806 g/mol. The van der Waals surface area contributed by atoms with Gasteiger partial charge in [0.15, 0.2) is 5.82 Å². The summed E-state index contributed by atoms with van der Waals surface area (Å²) in [6, 6.07) is 18.7. The topological polar surface area (TPSA) is 172 Å². The smallest absolute Gasteiger partial charge is 0.417 e. The summed E-state index contributed by atoms with van der Waals surface area (Å²) in [6.07, 6.45) is -2.60. The van der Waals surface area contributed by atoms with Crippen LogP contribution in [-0.2, 0) is 30.8 Å². The number of halogens is 5. The number of alkyl halides is 3. The molecule has 0 bridgehead atoms. The zero-order valence-corrected chi connectivity index (χ0v) is 31.4. The number of aliphatic hydroxyl groups excluding tert-OH is 1. The van der Waals surface area contributed by atoms with Crippen molar-refractivity contribution in [2.75, 3.05) is 23.5 Å². The highest BCUT2D eigenvalue weighted by molar-refractivity contribution is 6.33. The van der Waals surface area contributed by atoms with Gasteiger partial charge in [0.05, 0.1) is 51.0 Å². The van der Waals surface area contributed by atoms with Gasteiger partial charge in [0.1, 0.15) is 12.4 Å². The molecular formula is C40H30Cl2F3N5O8. The van der Waals surface area contributed by atoms with E-state index in [4.69, 9.17) is 27.9 Å². The van der Waals surface area contributed by atoms with Crippen molar-refractivity contribution in [1.82, 2.24) is 9.99 Å². The summed E-state index contributed by atoms with van der Waals surface area (Å²) in [4.78, 5) is 74.7. The second kappa shape index (κ2) is 14.5. The van der Waals surface area contributed by atoms with Gasteiger partial charge in [-0.25, -0.2) is 9.88 Å². The van der Waals surface area contributed by atoms with Gasteiger partial charge < -0.3 is 9.84 Å². The summed E-state index contributed by atoms with van der Waals surface area (Å²) in [6.45, 7) is -0.503. The van der Waals surface area contributed by atoms with Crippen LogP contribution in [0.3, 0.4) is 0 Å². The van der Waals surface area contributed by atoms with E-state index in [0.29, 0.717) is 39.0 Å². The Balaban J connectivity index is 1.31. The number of fused-ring (bicyclic) bond motifs is 4. The Morgan fingerprint density at radius 3 is 2.40 bits per heavy atom. The maximum Gasteiger partial charge on any atom is 0.417 e. The molecule has 0 spiro atoms. The van der Waals surface area contributed by atoms with Crippen molar-refractivity contribution < 1.29 is 47.1 Å². The molecule has 0 radical (unpaired) electrons. The number of hydrazine groups is 1. The van der Waals surface area contributed by atoms with Gasteiger partial charge in [-0.05, 0) is 54.7 Å². The van der Waals surface area contributed by atoms with Crippen molar-refractivity contribution in [1.29, 1.82) is 0 Å². The number of nitrogens with zero attached hydrogens (tertiary/aromatic N) is 4. The first-order valence-corrected chi connectivity index (χ1v) is 18.7. The van der Waals surface area contributed by atoms with Crippen molar-refractivity contribution in [3.05, 3.63) is 134 Å². The highest BCUT2D eigenvalue weighted by Crippen LogP contribution is 2.65. The monoisotopic (exact) mass is 835 g/mol. The highest BCUT2D eigenvalue weighted by Gasteiger charge is 2.71. The lowest BCUT2D eigenvalue weighted by Gasteiger charge is -2.50. The third-order valence-electron chi connectivity index (χ3n) is 11.4. The number of nitrogens with one attached hydrogen (secondary N) is 1. The number of nitro benzene ring substituents is 1. The number of nitro groups is 1. The minimum atomic E-state index is -4.79. The first-order valence-electron chi connectivity index (χ1n) is 18.0. The molecule has 8 rings (SSSR count). The second-order valence-electron chi connectivity index (χ2n) is 14.3. The Hall–Kier alpha value is -5.84. The second-order valence-corrected chi connectivity index (χ2v) is 15.2. The van der Waals surface area contributed by atoms with E-state index in [9.17, 15) is 42.8 Å². The minimum Gasteiger partial charge on any atom is -0.491 e. The first kappa shape index (κ1) is 39.0. The predicted octanol–water partition coefficient (Wildman–Crippen LogP) is 6.88. The van der Waals surface area contributed by atoms with Crippen molar-refractivity contribution in [2.24, 2.45) is 23.7 Å². The van der Waals surface area contributed by atoms with Crippen LogP contribution in [0, 0.1) is 33.8 Å².